The molecule has 2 aliphatic heterocycles. The van der Waals surface area contributed by atoms with Crippen molar-refractivity contribution in [1.82, 2.24) is 4.31 Å². The molecule has 9 heteroatoms. The first-order valence-corrected chi connectivity index (χ1v) is 11.6. The second-order valence-corrected chi connectivity index (χ2v) is 10.8. The Morgan fingerprint density at radius 2 is 1.63 bits per heavy atom. The van der Waals surface area contributed by atoms with Crippen molar-refractivity contribution in [2.45, 2.75) is 46.9 Å². The van der Waals surface area contributed by atoms with E-state index in [0.717, 1.165) is 27.2 Å². The third-order valence-electron chi connectivity index (χ3n) is 5.50. The van der Waals surface area contributed by atoms with Crippen LogP contribution in [0.15, 0.2) is 70.5 Å². The minimum atomic E-state index is -4.15. The van der Waals surface area contributed by atoms with Crippen molar-refractivity contribution in [2.75, 3.05) is 0 Å². The molecule has 2 heterocycles. The molecule has 0 saturated carbocycles. The standard InChI is InChI=1S/C21H20N2O5S2/c1-14-3-7-17(8-4-14)29-21-12-11-16(13-19(21)23(25)26)22(20(21)24)30(27,28)18-9-5-15(2)6-10-18/h3-12,16,19H,13H2,1-2H3/t16-,19-,21-/m1/s1. The molecular formula is C21H20N2O5S2. The molecule has 0 unspecified atom stereocenters. The fraction of sp³-hybridized carbons (Fsp3) is 0.286. The van der Waals surface area contributed by atoms with Gasteiger partial charge in [-0.2, -0.15) is 0 Å². The SMILES string of the molecule is Cc1ccc(S[C@]23C=C[C@H](C[C@H]2[N+](=O)[O-])N(S(=O)(=O)c2ccc(C)cc2)C3=O)cc1. The van der Waals surface area contributed by atoms with Crippen molar-refractivity contribution in [1.29, 1.82) is 0 Å². The van der Waals surface area contributed by atoms with Gasteiger partial charge < -0.3 is 0 Å². The molecule has 2 aromatic rings. The number of piperidine rings is 1. The van der Waals surface area contributed by atoms with E-state index >= 15 is 0 Å². The van der Waals surface area contributed by atoms with Crippen molar-refractivity contribution in [3.05, 3.63) is 81.9 Å². The molecule has 2 aromatic carbocycles. The van der Waals surface area contributed by atoms with Gasteiger partial charge in [-0.15, -0.1) is 0 Å². The van der Waals surface area contributed by atoms with Crippen molar-refractivity contribution in [3.8, 4) is 0 Å². The number of carbonyl (C=O) groups is 1. The van der Waals surface area contributed by atoms with E-state index < -0.39 is 37.7 Å². The molecule has 1 saturated heterocycles. The zero-order valence-electron chi connectivity index (χ0n) is 16.4. The maximum Gasteiger partial charge on any atom is 0.267 e. The second-order valence-electron chi connectivity index (χ2n) is 7.59. The van der Waals surface area contributed by atoms with E-state index in [4.69, 9.17) is 0 Å². The van der Waals surface area contributed by atoms with Crippen LogP contribution in [0.2, 0.25) is 0 Å². The van der Waals surface area contributed by atoms with Gasteiger partial charge in [-0.3, -0.25) is 14.9 Å². The molecule has 2 bridgehead atoms. The quantitative estimate of drug-likeness (QED) is 0.399. The number of benzene rings is 2. The Kier molecular flexibility index (Phi) is 4.98. The van der Waals surface area contributed by atoms with Gasteiger partial charge in [0.25, 0.3) is 15.9 Å². The van der Waals surface area contributed by atoms with Crippen LogP contribution < -0.4 is 0 Å². The van der Waals surface area contributed by atoms with Crippen LogP contribution in [0.4, 0.5) is 0 Å². The fourth-order valence-electron chi connectivity index (χ4n) is 3.86. The summed E-state index contributed by atoms with van der Waals surface area (Å²) in [5.74, 6) is -0.769. The Bertz CT molecular complexity index is 1140. The maximum absolute atomic E-state index is 13.6. The first kappa shape index (κ1) is 20.6. The molecule has 5 rings (SSSR count). The van der Waals surface area contributed by atoms with Gasteiger partial charge in [-0.05, 0) is 38.1 Å². The summed E-state index contributed by atoms with van der Waals surface area (Å²) in [6.45, 7) is 3.75. The average Bonchev–Trinajstić information content (AvgIpc) is 2.70. The molecule has 0 aromatic heterocycles. The van der Waals surface area contributed by atoms with Gasteiger partial charge in [-0.1, -0.05) is 59.3 Å². The minimum Gasteiger partial charge on any atom is -0.271 e. The van der Waals surface area contributed by atoms with E-state index in [1.165, 1.54) is 18.2 Å². The van der Waals surface area contributed by atoms with Gasteiger partial charge in [0.15, 0.2) is 4.75 Å². The Balaban J connectivity index is 1.79. The van der Waals surface area contributed by atoms with Crippen molar-refractivity contribution in [3.63, 3.8) is 0 Å². The smallest absolute Gasteiger partial charge is 0.267 e. The summed E-state index contributed by atoms with van der Waals surface area (Å²) in [6, 6.07) is 11.4. The topological polar surface area (TPSA) is 97.6 Å². The molecule has 156 valence electrons. The monoisotopic (exact) mass is 444 g/mol. The summed E-state index contributed by atoms with van der Waals surface area (Å²) >= 11 is 1.04. The number of nitrogens with zero attached hydrogens (tertiary/aromatic N) is 2. The van der Waals surface area contributed by atoms with Crippen molar-refractivity contribution >= 4 is 27.7 Å². The lowest BCUT2D eigenvalue weighted by atomic mass is 9.82. The Morgan fingerprint density at radius 1 is 1.07 bits per heavy atom. The molecule has 0 radical (unpaired) electrons. The normalized spacial score (nSPS) is 25.5. The Labute approximate surface area is 179 Å². The summed E-state index contributed by atoms with van der Waals surface area (Å²) in [5, 5.41) is 11.8. The highest BCUT2D eigenvalue weighted by atomic mass is 32.2. The number of nitro groups is 1. The van der Waals surface area contributed by atoms with Gasteiger partial charge in [0.2, 0.25) is 6.04 Å². The van der Waals surface area contributed by atoms with E-state index in [1.807, 2.05) is 26.0 Å². The lowest BCUT2D eigenvalue weighted by Crippen LogP contribution is -2.67. The molecule has 3 aliphatic rings. The molecule has 7 nitrogen and oxygen atoms in total. The number of aryl methyl sites for hydroxylation is 2. The predicted molar refractivity (Wildman–Crippen MR) is 113 cm³/mol. The van der Waals surface area contributed by atoms with Crippen LogP contribution in [0.25, 0.3) is 0 Å². The van der Waals surface area contributed by atoms with Gasteiger partial charge in [0.1, 0.15) is 0 Å². The van der Waals surface area contributed by atoms with E-state index in [2.05, 4.69) is 0 Å². The maximum atomic E-state index is 13.6. The zero-order valence-corrected chi connectivity index (χ0v) is 18.0. The third kappa shape index (κ3) is 3.22. The number of sulfonamides is 1. The number of thioether (sulfide) groups is 1. The van der Waals surface area contributed by atoms with E-state index in [0.29, 0.717) is 4.90 Å². The molecule has 3 atom stereocenters. The number of fused-ring (bicyclic) bond motifs is 2. The van der Waals surface area contributed by atoms with E-state index in [9.17, 15) is 23.3 Å². The Hall–Kier alpha value is -2.65. The van der Waals surface area contributed by atoms with Crippen LogP contribution in [0.3, 0.4) is 0 Å². The van der Waals surface area contributed by atoms with Crippen LogP contribution in [0.5, 0.6) is 0 Å². The van der Waals surface area contributed by atoms with Gasteiger partial charge in [0, 0.05) is 16.2 Å². The summed E-state index contributed by atoms with van der Waals surface area (Å²) < 4.78 is 25.8. The third-order valence-corrected chi connectivity index (χ3v) is 8.75. The van der Waals surface area contributed by atoms with E-state index in [-0.39, 0.29) is 11.3 Å². The lowest BCUT2D eigenvalue weighted by Gasteiger charge is -2.47. The molecule has 30 heavy (non-hydrogen) atoms. The minimum absolute atomic E-state index is 0.00413. The van der Waals surface area contributed by atoms with Gasteiger partial charge in [0.05, 0.1) is 10.9 Å². The van der Waals surface area contributed by atoms with Crippen molar-refractivity contribution in [2.24, 2.45) is 0 Å². The summed E-state index contributed by atoms with van der Waals surface area (Å²) in [5.41, 5.74) is 1.90. The van der Waals surface area contributed by atoms with Gasteiger partial charge in [-0.25, -0.2) is 12.7 Å². The summed E-state index contributed by atoms with van der Waals surface area (Å²) in [7, 11) is -4.15. The predicted octanol–water partition coefficient (Wildman–Crippen LogP) is 3.34. The number of amides is 1. The van der Waals surface area contributed by atoms with Crippen molar-refractivity contribution < 1.29 is 18.1 Å². The summed E-state index contributed by atoms with van der Waals surface area (Å²) in [4.78, 5) is 25.6. The van der Waals surface area contributed by atoms with Gasteiger partial charge >= 0.3 is 0 Å². The molecular weight excluding hydrogens is 424 g/mol. The molecule has 1 amide bonds. The largest absolute Gasteiger partial charge is 0.271 e. The molecule has 0 N–H and O–H groups in total. The first-order chi connectivity index (χ1) is 14.1. The average molecular weight is 445 g/mol. The van der Waals surface area contributed by atoms with Crippen LogP contribution in [0.1, 0.15) is 17.5 Å². The molecule has 1 aliphatic carbocycles. The number of carbonyl (C=O) groups excluding carboxylic acids is 1. The Morgan fingerprint density at radius 3 is 2.20 bits per heavy atom. The highest BCUT2D eigenvalue weighted by Crippen LogP contribution is 2.49. The van der Waals surface area contributed by atoms with Crippen LogP contribution in [-0.2, 0) is 14.8 Å². The van der Waals surface area contributed by atoms with Crippen LogP contribution in [-0.4, -0.2) is 40.4 Å². The van der Waals surface area contributed by atoms with E-state index in [1.54, 1.807) is 30.3 Å². The number of rotatable bonds is 5. The van der Waals surface area contributed by atoms with Crippen LogP contribution >= 0.6 is 11.8 Å². The molecule has 0 spiro atoms. The fourth-order valence-corrected chi connectivity index (χ4v) is 6.82. The zero-order chi connectivity index (χ0) is 21.7. The highest BCUT2D eigenvalue weighted by Gasteiger charge is 2.64. The van der Waals surface area contributed by atoms with Crippen LogP contribution in [0, 0.1) is 24.0 Å². The first-order valence-electron chi connectivity index (χ1n) is 9.39. The number of hydrogen-bond donors (Lipinski definition) is 0. The number of hydrogen-bond acceptors (Lipinski definition) is 6. The summed E-state index contributed by atoms with van der Waals surface area (Å²) in [6.07, 6.45) is 3.07. The lowest BCUT2D eigenvalue weighted by molar-refractivity contribution is -0.527. The molecule has 1 fully saturated rings. The second kappa shape index (κ2) is 7.24. The highest BCUT2D eigenvalue weighted by molar-refractivity contribution is 8.01.